The van der Waals surface area contributed by atoms with Crippen LogP contribution in [-0.4, -0.2) is 25.3 Å². The van der Waals surface area contributed by atoms with Crippen LogP contribution in [0.4, 0.5) is 0 Å². The molecule has 1 aliphatic heterocycles. The third kappa shape index (κ3) is 3.11. The molecule has 1 atom stereocenters. The molecule has 1 unspecified atom stereocenters. The van der Waals surface area contributed by atoms with Gasteiger partial charge in [-0.2, -0.15) is 0 Å². The number of hydrogen-bond donors (Lipinski definition) is 1. The predicted molar refractivity (Wildman–Crippen MR) is 51.4 cm³/mol. The summed E-state index contributed by atoms with van der Waals surface area (Å²) in [5.41, 5.74) is 0.257. The Morgan fingerprint density at radius 2 is 2.33 bits per heavy atom. The Morgan fingerprint density at radius 3 is 2.92 bits per heavy atom. The first-order valence-corrected chi connectivity index (χ1v) is 5.10. The number of nitrogens with one attached hydrogen (secondary N) is 1. The van der Waals surface area contributed by atoms with Crippen LogP contribution < -0.4 is 5.32 Å². The van der Waals surface area contributed by atoms with Gasteiger partial charge in [0.05, 0.1) is 6.61 Å². The maximum atomic E-state index is 5.45. The van der Waals surface area contributed by atoms with Gasteiger partial charge >= 0.3 is 0 Å². The van der Waals surface area contributed by atoms with Gasteiger partial charge in [0, 0.05) is 12.1 Å². The first-order chi connectivity index (χ1) is 5.77. The zero-order valence-electron chi connectivity index (χ0n) is 8.36. The normalized spacial score (nSPS) is 30.5. The van der Waals surface area contributed by atoms with E-state index in [4.69, 9.17) is 4.74 Å². The van der Waals surface area contributed by atoms with Crippen LogP contribution in [-0.2, 0) is 4.74 Å². The van der Waals surface area contributed by atoms with E-state index in [1.54, 1.807) is 0 Å². The van der Waals surface area contributed by atoms with E-state index in [9.17, 15) is 0 Å². The summed E-state index contributed by atoms with van der Waals surface area (Å²) in [4.78, 5) is 0. The van der Waals surface area contributed by atoms with Gasteiger partial charge in [0.15, 0.2) is 0 Å². The first-order valence-electron chi connectivity index (χ1n) is 5.10. The summed E-state index contributed by atoms with van der Waals surface area (Å²) in [7, 11) is 0. The van der Waals surface area contributed by atoms with Crippen LogP contribution in [0, 0.1) is 0 Å². The van der Waals surface area contributed by atoms with Crippen molar-refractivity contribution in [3.8, 4) is 0 Å². The van der Waals surface area contributed by atoms with Crippen molar-refractivity contribution < 1.29 is 4.74 Å². The molecule has 1 saturated heterocycles. The van der Waals surface area contributed by atoms with Crippen molar-refractivity contribution in [1.82, 2.24) is 5.32 Å². The molecule has 12 heavy (non-hydrogen) atoms. The number of rotatable bonds is 4. The quantitative estimate of drug-likeness (QED) is 0.653. The van der Waals surface area contributed by atoms with Gasteiger partial charge in [0.2, 0.25) is 0 Å². The van der Waals surface area contributed by atoms with Crippen LogP contribution in [0.2, 0.25) is 0 Å². The van der Waals surface area contributed by atoms with Crippen LogP contribution in [0.25, 0.3) is 0 Å². The van der Waals surface area contributed by atoms with Crippen LogP contribution >= 0.6 is 0 Å². The Morgan fingerprint density at radius 1 is 1.50 bits per heavy atom. The molecule has 0 aromatic heterocycles. The Balaban J connectivity index is 2.17. The zero-order valence-corrected chi connectivity index (χ0v) is 8.36. The lowest BCUT2D eigenvalue weighted by atomic mass is 9.95. The largest absolute Gasteiger partial charge is 0.380 e. The number of unbranched alkanes of at least 4 members (excludes halogenated alkanes) is 1. The minimum absolute atomic E-state index is 0.257. The van der Waals surface area contributed by atoms with Crippen molar-refractivity contribution >= 4 is 0 Å². The minimum Gasteiger partial charge on any atom is -0.380 e. The highest BCUT2D eigenvalue weighted by Crippen LogP contribution is 2.17. The molecular weight excluding hydrogens is 150 g/mol. The molecule has 0 bridgehead atoms. The Labute approximate surface area is 75.7 Å². The molecular formula is C10H21NO. The van der Waals surface area contributed by atoms with E-state index in [0.717, 1.165) is 19.8 Å². The summed E-state index contributed by atoms with van der Waals surface area (Å²) in [5.74, 6) is 0. The highest BCUT2D eigenvalue weighted by Gasteiger charge is 2.25. The minimum atomic E-state index is 0.257. The SMILES string of the molecule is CCCCNC1(C)CCCOC1. The van der Waals surface area contributed by atoms with E-state index in [1.807, 2.05) is 0 Å². The average molecular weight is 171 g/mol. The van der Waals surface area contributed by atoms with Crippen LogP contribution in [0.15, 0.2) is 0 Å². The van der Waals surface area contributed by atoms with Crippen molar-refractivity contribution in [2.24, 2.45) is 0 Å². The fourth-order valence-corrected chi connectivity index (χ4v) is 1.64. The van der Waals surface area contributed by atoms with Crippen molar-refractivity contribution in [2.75, 3.05) is 19.8 Å². The van der Waals surface area contributed by atoms with Crippen LogP contribution in [0.5, 0.6) is 0 Å². The van der Waals surface area contributed by atoms with Gasteiger partial charge in [0.25, 0.3) is 0 Å². The maximum Gasteiger partial charge on any atom is 0.0645 e. The Kier molecular flexibility index (Phi) is 4.02. The zero-order chi connectivity index (χ0) is 8.86. The molecule has 0 amide bonds. The molecule has 2 heteroatoms. The lowest BCUT2D eigenvalue weighted by Gasteiger charge is -2.34. The second-order valence-electron chi connectivity index (χ2n) is 4.00. The predicted octanol–water partition coefficient (Wildman–Crippen LogP) is 1.95. The molecule has 0 saturated carbocycles. The summed E-state index contributed by atoms with van der Waals surface area (Å²) in [5, 5.41) is 3.57. The Hall–Kier alpha value is -0.0800. The van der Waals surface area contributed by atoms with Crippen molar-refractivity contribution in [3.63, 3.8) is 0 Å². The van der Waals surface area contributed by atoms with Crippen molar-refractivity contribution in [2.45, 2.75) is 45.1 Å². The first kappa shape index (κ1) is 10.0. The molecule has 0 aliphatic carbocycles. The summed E-state index contributed by atoms with van der Waals surface area (Å²) in [6, 6.07) is 0. The smallest absolute Gasteiger partial charge is 0.0645 e. The second kappa shape index (κ2) is 4.83. The molecule has 1 fully saturated rings. The summed E-state index contributed by atoms with van der Waals surface area (Å²) in [6.45, 7) is 7.46. The maximum absolute atomic E-state index is 5.45. The molecule has 1 aliphatic rings. The third-order valence-corrected chi connectivity index (χ3v) is 2.52. The van der Waals surface area contributed by atoms with Crippen LogP contribution in [0.1, 0.15) is 39.5 Å². The van der Waals surface area contributed by atoms with E-state index in [0.29, 0.717) is 0 Å². The molecule has 0 aromatic rings. The van der Waals surface area contributed by atoms with Gasteiger partial charge in [-0.1, -0.05) is 13.3 Å². The third-order valence-electron chi connectivity index (χ3n) is 2.52. The fraction of sp³-hybridized carbons (Fsp3) is 1.00. The number of ether oxygens (including phenoxy) is 1. The fourth-order valence-electron chi connectivity index (χ4n) is 1.64. The second-order valence-corrected chi connectivity index (χ2v) is 4.00. The van der Waals surface area contributed by atoms with Gasteiger partial charge in [-0.25, -0.2) is 0 Å². The van der Waals surface area contributed by atoms with Gasteiger partial charge in [0.1, 0.15) is 0 Å². The standard InChI is InChI=1S/C10H21NO/c1-3-4-7-11-10(2)6-5-8-12-9-10/h11H,3-9H2,1-2H3. The summed E-state index contributed by atoms with van der Waals surface area (Å²) < 4.78 is 5.45. The summed E-state index contributed by atoms with van der Waals surface area (Å²) in [6.07, 6.45) is 5.01. The lowest BCUT2D eigenvalue weighted by molar-refractivity contribution is 0.0286. The van der Waals surface area contributed by atoms with Gasteiger partial charge in [-0.05, 0) is 32.7 Å². The van der Waals surface area contributed by atoms with E-state index < -0.39 is 0 Å². The molecule has 72 valence electrons. The van der Waals surface area contributed by atoms with E-state index in [2.05, 4.69) is 19.2 Å². The monoisotopic (exact) mass is 171 g/mol. The van der Waals surface area contributed by atoms with Crippen molar-refractivity contribution in [3.05, 3.63) is 0 Å². The number of hydrogen-bond acceptors (Lipinski definition) is 2. The van der Waals surface area contributed by atoms with E-state index in [1.165, 1.54) is 25.7 Å². The molecule has 1 N–H and O–H groups in total. The van der Waals surface area contributed by atoms with Gasteiger partial charge < -0.3 is 10.1 Å². The molecule has 0 aromatic carbocycles. The molecule has 0 radical (unpaired) electrons. The van der Waals surface area contributed by atoms with Crippen molar-refractivity contribution in [1.29, 1.82) is 0 Å². The van der Waals surface area contributed by atoms with E-state index >= 15 is 0 Å². The lowest BCUT2D eigenvalue weighted by Crippen LogP contribution is -2.49. The van der Waals surface area contributed by atoms with Gasteiger partial charge in [-0.3, -0.25) is 0 Å². The highest BCUT2D eigenvalue weighted by molar-refractivity contribution is 4.84. The highest BCUT2D eigenvalue weighted by atomic mass is 16.5. The topological polar surface area (TPSA) is 21.3 Å². The molecule has 1 rings (SSSR count). The Bertz CT molecular complexity index is 119. The molecule has 0 spiro atoms. The van der Waals surface area contributed by atoms with Crippen LogP contribution in [0.3, 0.4) is 0 Å². The van der Waals surface area contributed by atoms with E-state index in [-0.39, 0.29) is 5.54 Å². The molecule has 2 nitrogen and oxygen atoms in total. The van der Waals surface area contributed by atoms with Gasteiger partial charge in [-0.15, -0.1) is 0 Å². The average Bonchev–Trinajstić information content (AvgIpc) is 2.06. The molecule has 1 heterocycles. The summed E-state index contributed by atoms with van der Waals surface area (Å²) >= 11 is 0.